The quantitative estimate of drug-likeness (QED) is 0.919. The first-order valence-electron chi connectivity index (χ1n) is 6.38. The highest BCUT2D eigenvalue weighted by atomic mass is 19.1. The van der Waals surface area contributed by atoms with Gasteiger partial charge in [-0.2, -0.15) is 5.26 Å². The average Bonchev–Trinajstić information content (AvgIpc) is 2.46. The summed E-state index contributed by atoms with van der Waals surface area (Å²) in [5.74, 6) is -0.305. The molecule has 0 aliphatic carbocycles. The van der Waals surface area contributed by atoms with Crippen molar-refractivity contribution in [2.45, 2.75) is 13.2 Å². The highest BCUT2D eigenvalue weighted by molar-refractivity contribution is 5.36. The van der Waals surface area contributed by atoms with Crippen molar-refractivity contribution in [1.29, 1.82) is 5.26 Å². The number of nitriles is 1. The topological polar surface area (TPSA) is 45.0 Å². The Morgan fingerprint density at radius 2 is 1.95 bits per heavy atom. The van der Waals surface area contributed by atoms with Gasteiger partial charge >= 0.3 is 0 Å². The van der Waals surface area contributed by atoms with E-state index < -0.39 is 5.82 Å². The number of benzene rings is 2. The molecule has 0 aliphatic heterocycles. The fraction of sp³-hybridized carbons (Fsp3) is 0.188. The van der Waals surface area contributed by atoms with Crippen LogP contribution < -0.4 is 10.1 Å². The van der Waals surface area contributed by atoms with E-state index in [4.69, 9.17) is 10.00 Å². The fourth-order valence-corrected chi connectivity index (χ4v) is 1.98. The van der Waals surface area contributed by atoms with Crippen LogP contribution in [0.5, 0.6) is 5.75 Å². The summed E-state index contributed by atoms with van der Waals surface area (Å²) >= 11 is 0. The summed E-state index contributed by atoms with van der Waals surface area (Å²) in [7, 11) is 1.75. The van der Waals surface area contributed by atoms with E-state index in [0.29, 0.717) is 23.4 Å². The molecular formula is C16H14F2N2O. The Labute approximate surface area is 121 Å². The molecule has 21 heavy (non-hydrogen) atoms. The molecule has 0 atom stereocenters. The monoisotopic (exact) mass is 288 g/mol. The molecule has 2 rings (SSSR count). The molecule has 3 nitrogen and oxygen atoms in total. The molecule has 2 aromatic rings. The van der Waals surface area contributed by atoms with Crippen molar-refractivity contribution < 1.29 is 13.5 Å². The minimum absolute atomic E-state index is 0.106. The Morgan fingerprint density at radius 1 is 1.14 bits per heavy atom. The molecular weight excluding hydrogens is 274 g/mol. The van der Waals surface area contributed by atoms with Crippen LogP contribution in [0.2, 0.25) is 0 Å². The van der Waals surface area contributed by atoms with E-state index in [2.05, 4.69) is 5.32 Å². The van der Waals surface area contributed by atoms with Gasteiger partial charge in [-0.1, -0.05) is 0 Å². The van der Waals surface area contributed by atoms with Gasteiger partial charge in [0.1, 0.15) is 24.0 Å². The first-order valence-corrected chi connectivity index (χ1v) is 6.38. The number of rotatable bonds is 5. The van der Waals surface area contributed by atoms with Gasteiger partial charge in [-0.3, -0.25) is 0 Å². The summed E-state index contributed by atoms with van der Waals surface area (Å²) < 4.78 is 32.1. The van der Waals surface area contributed by atoms with E-state index >= 15 is 0 Å². The number of hydrogen-bond donors (Lipinski definition) is 1. The third-order valence-corrected chi connectivity index (χ3v) is 2.87. The predicted molar refractivity (Wildman–Crippen MR) is 74.6 cm³/mol. The zero-order valence-electron chi connectivity index (χ0n) is 11.5. The van der Waals surface area contributed by atoms with Gasteiger partial charge in [0.05, 0.1) is 11.6 Å². The van der Waals surface area contributed by atoms with Crippen molar-refractivity contribution in [3.63, 3.8) is 0 Å². The van der Waals surface area contributed by atoms with E-state index in [0.717, 1.165) is 6.07 Å². The summed E-state index contributed by atoms with van der Waals surface area (Å²) in [4.78, 5) is 0. The SMILES string of the molecule is CNCc1cc(F)ccc1OCc1cc(F)cc(C#N)c1. The molecule has 0 aliphatic rings. The van der Waals surface area contributed by atoms with Crippen LogP contribution in [0.15, 0.2) is 36.4 Å². The van der Waals surface area contributed by atoms with E-state index in [-0.39, 0.29) is 18.0 Å². The van der Waals surface area contributed by atoms with Crippen molar-refractivity contribution in [2.75, 3.05) is 7.05 Å². The summed E-state index contributed by atoms with van der Waals surface area (Å²) in [5.41, 5.74) is 1.46. The second-order valence-electron chi connectivity index (χ2n) is 4.53. The van der Waals surface area contributed by atoms with E-state index in [1.807, 2.05) is 6.07 Å². The van der Waals surface area contributed by atoms with Crippen LogP contribution in [0.4, 0.5) is 8.78 Å². The molecule has 2 aromatic carbocycles. The van der Waals surface area contributed by atoms with Crippen molar-refractivity contribution in [2.24, 2.45) is 0 Å². The summed E-state index contributed by atoms with van der Waals surface area (Å²) in [5, 5.41) is 11.7. The zero-order valence-corrected chi connectivity index (χ0v) is 11.5. The van der Waals surface area contributed by atoms with Gasteiger partial charge in [0, 0.05) is 12.1 Å². The lowest BCUT2D eigenvalue weighted by atomic mass is 10.1. The number of nitrogens with one attached hydrogen (secondary N) is 1. The van der Waals surface area contributed by atoms with Crippen molar-refractivity contribution in [1.82, 2.24) is 5.32 Å². The highest BCUT2D eigenvalue weighted by Gasteiger charge is 2.07. The van der Waals surface area contributed by atoms with Crippen LogP contribution in [0.1, 0.15) is 16.7 Å². The zero-order chi connectivity index (χ0) is 15.2. The fourth-order valence-electron chi connectivity index (χ4n) is 1.98. The molecule has 0 radical (unpaired) electrons. The second kappa shape index (κ2) is 6.82. The largest absolute Gasteiger partial charge is 0.489 e. The molecule has 108 valence electrons. The Bertz CT molecular complexity index is 680. The minimum atomic E-state index is -0.484. The molecule has 0 amide bonds. The van der Waals surface area contributed by atoms with Gasteiger partial charge in [0.25, 0.3) is 0 Å². The lowest BCUT2D eigenvalue weighted by Gasteiger charge is -2.12. The summed E-state index contributed by atoms with van der Waals surface area (Å²) in [6.07, 6.45) is 0. The average molecular weight is 288 g/mol. The second-order valence-corrected chi connectivity index (χ2v) is 4.53. The van der Waals surface area contributed by atoms with Gasteiger partial charge in [-0.25, -0.2) is 8.78 Å². The van der Waals surface area contributed by atoms with Gasteiger partial charge in [-0.15, -0.1) is 0 Å². The van der Waals surface area contributed by atoms with Crippen LogP contribution in [0.3, 0.4) is 0 Å². The number of nitrogens with zero attached hydrogens (tertiary/aromatic N) is 1. The van der Waals surface area contributed by atoms with Crippen LogP contribution in [0.25, 0.3) is 0 Å². The van der Waals surface area contributed by atoms with Crippen molar-refractivity contribution in [3.05, 3.63) is 64.7 Å². The third-order valence-electron chi connectivity index (χ3n) is 2.87. The van der Waals surface area contributed by atoms with Crippen LogP contribution in [-0.2, 0) is 13.2 Å². The van der Waals surface area contributed by atoms with E-state index in [1.54, 1.807) is 13.1 Å². The maximum Gasteiger partial charge on any atom is 0.124 e. The maximum atomic E-state index is 13.3. The Morgan fingerprint density at radius 3 is 2.67 bits per heavy atom. The molecule has 0 aromatic heterocycles. The Hall–Kier alpha value is -2.45. The molecule has 0 saturated heterocycles. The number of ether oxygens (including phenoxy) is 1. The predicted octanol–water partition coefficient (Wildman–Crippen LogP) is 3.13. The normalized spacial score (nSPS) is 10.2. The first-order chi connectivity index (χ1) is 10.1. The molecule has 0 heterocycles. The van der Waals surface area contributed by atoms with Crippen LogP contribution >= 0.6 is 0 Å². The van der Waals surface area contributed by atoms with Gasteiger partial charge < -0.3 is 10.1 Å². The standard InChI is InChI=1S/C16H14F2N2O/c1-20-9-13-7-14(17)2-3-16(13)21-10-12-4-11(8-19)5-15(18)6-12/h2-7,20H,9-10H2,1H3. The first kappa shape index (κ1) is 14.9. The van der Waals surface area contributed by atoms with Gasteiger partial charge in [0.15, 0.2) is 0 Å². The maximum absolute atomic E-state index is 13.3. The minimum Gasteiger partial charge on any atom is -0.489 e. The van der Waals surface area contributed by atoms with Crippen molar-refractivity contribution >= 4 is 0 Å². The summed E-state index contributed by atoms with van der Waals surface area (Å²) in [6, 6.07) is 10.1. The molecule has 0 unspecified atom stereocenters. The molecule has 0 saturated carbocycles. The van der Waals surface area contributed by atoms with Crippen LogP contribution in [0, 0.1) is 23.0 Å². The Balaban J connectivity index is 2.16. The van der Waals surface area contributed by atoms with Gasteiger partial charge in [0.2, 0.25) is 0 Å². The smallest absolute Gasteiger partial charge is 0.124 e. The molecule has 1 N–H and O–H groups in total. The third kappa shape index (κ3) is 4.01. The van der Waals surface area contributed by atoms with E-state index in [9.17, 15) is 8.78 Å². The van der Waals surface area contributed by atoms with E-state index in [1.165, 1.54) is 24.3 Å². The molecule has 0 bridgehead atoms. The molecule has 0 fully saturated rings. The van der Waals surface area contributed by atoms with Crippen molar-refractivity contribution in [3.8, 4) is 11.8 Å². The lowest BCUT2D eigenvalue weighted by molar-refractivity contribution is 0.301. The van der Waals surface area contributed by atoms with Gasteiger partial charge in [-0.05, 0) is 49.0 Å². The molecule has 5 heteroatoms. The van der Waals surface area contributed by atoms with Crippen LogP contribution in [-0.4, -0.2) is 7.05 Å². The number of halogens is 2. The Kier molecular flexibility index (Phi) is 4.85. The number of hydrogen-bond acceptors (Lipinski definition) is 3. The molecule has 0 spiro atoms. The summed E-state index contributed by atoms with van der Waals surface area (Å²) in [6.45, 7) is 0.564. The highest BCUT2D eigenvalue weighted by Crippen LogP contribution is 2.21. The lowest BCUT2D eigenvalue weighted by Crippen LogP contribution is -2.08.